The second-order valence-electron chi connectivity index (χ2n) is 9.77. The molecule has 3 N–H and O–H groups in total. The van der Waals surface area contributed by atoms with Gasteiger partial charge in [0.25, 0.3) is 0 Å². The molecule has 3 atom stereocenters. The van der Waals surface area contributed by atoms with E-state index in [1.165, 1.54) is 24.3 Å². The molecule has 0 radical (unpaired) electrons. The Hall–Kier alpha value is -3.51. The highest BCUT2D eigenvalue weighted by Crippen LogP contribution is 2.42. The predicted octanol–water partition coefficient (Wildman–Crippen LogP) is 3.38. The lowest BCUT2D eigenvalue weighted by Crippen LogP contribution is -2.63. The van der Waals surface area contributed by atoms with E-state index in [1.54, 1.807) is 6.20 Å². The molecule has 38 heavy (non-hydrogen) atoms. The standard InChI is InChI=1S/C26H31F3N6O3/c1-31-24(30)14-34-13-18(15-36-16-34)32-11-17-2-7-25(33-12-17)35-19-8-20(35)10-23(9-19)37-21-3-5-22(6-4-21)38-26(27,28)29/h2-7,12,14,18-20,23,32H,1,8-11,13,15-16,30H2/b24-14-. The Kier molecular flexibility index (Phi) is 7.61. The third-order valence-corrected chi connectivity index (χ3v) is 6.96. The highest BCUT2D eigenvalue weighted by atomic mass is 19.4. The highest BCUT2D eigenvalue weighted by Gasteiger charge is 2.46. The van der Waals surface area contributed by atoms with Crippen LogP contribution in [0.5, 0.6) is 11.5 Å². The highest BCUT2D eigenvalue weighted by molar-refractivity contribution is 5.47. The Labute approximate surface area is 219 Å². The summed E-state index contributed by atoms with van der Waals surface area (Å²) < 4.78 is 52.7. The second-order valence-corrected chi connectivity index (χ2v) is 9.77. The smallest absolute Gasteiger partial charge is 0.490 e. The van der Waals surface area contributed by atoms with Gasteiger partial charge in [0.05, 0.1) is 6.61 Å². The summed E-state index contributed by atoms with van der Waals surface area (Å²) >= 11 is 0. The average molecular weight is 533 g/mol. The summed E-state index contributed by atoms with van der Waals surface area (Å²) in [5, 5.41) is 3.50. The molecule has 1 aromatic heterocycles. The number of aromatic nitrogens is 1. The lowest BCUT2D eigenvalue weighted by molar-refractivity contribution is -0.274. The van der Waals surface area contributed by atoms with Crippen LogP contribution in [0.15, 0.2) is 59.6 Å². The van der Waals surface area contributed by atoms with Gasteiger partial charge in [0.2, 0.25) is 0 Å². The van der Waals surface area contributed by atoms with Crippen molar-refractivity contribution in [2.24, 2.45) is 10.7 Å². The Balaban J connectivity index is 1.09. The quantitative estimate of drug-likeness (QED) is 0.475. The van der Waals surface area contributed by atoms with Gasteiger partial charge in [-0.15, -0.1) is 13.2 Å². The van der Waals surface area contributed by atoms with Crippen LogP contribution in [0.3, 0.4) is 0 Å². The van der Waals surface area contributed by atoms with Gasteiger partial charge in [0.15, 0.2) is 0 Å². The van der Waals surface area contributed by atoms with E-state index in [-0.39, 0.29) is 17.9 Å². The Morgan fingerprint density at radius 3 is 2.55 bits per heavy atom. The first-order valence-corrected chi connectivity index (χ1v) is 12.5. The molecule has 0 spiro atoms. The van der Waals surface area contributed by atoms with Crippen molar-refractivity contribution in [2.45, 2.75) is 56.4 Å². The fourth-order valence-electron chi connectivity index (χ4n) is 5.28. The van der Waals surface area contributed by atoms with E-state index in [9.17, 15) is 13.2 Å². The number of pyridine rings is 1. The van der Waals surface area contributed by atoms with Gasteiger partial charge < -0.3 is 35.1 Å². The van der Waals surface area contributed by atoms with Gasteiger partial charge in [-0.05, 0) is 49.0 Å². The van der Waals surface area contributed by atoms with Gasteiger partial charge in [-0.1, -0.05) is 6.07 Å². The van der Waals surface area contributed by atoms with Crippen LogP contribution < -0.4 is 25.4 Å². The zero-order valence-electron chi connectivity index (χ0n) is 20.8. The van der Waals surface area contributed by atoms with E-state index < -0.39 is 6.36 Å². The molecule has 6 rings (SSSR count). The van der Waals surface area contributed by atoms with Crippen molar-refractivity contribution in [1.82, 2.24) is 15.2 Å². The summed E-state index contributed by atoms with van der Waals surface area (Å²) in [6, 6.07) is 10.5. The molecule has 0 amide bonds. The van der Waals surface area contributed by atoms with Crippen LogP contribution in [0.25, 0.3) is 0 Å². The molecule has 4 aliphatic rings. The average Bonchev–Trinajstić information content (AvgIpc) is 2.89. The maximum absolute atomic E-state index is 12.4. The number of rotatable bonds is 9. The third kappa shape index (κ3) is 6.48. The monoisotopic (exact) mass is 532 g/mol. The second kappa shape index (κ2) is 11.1. The van der Waals surface area contributed by atoms with Gasteiger partial charge >= 0.3 is 6.36 Å². The molecule has 9 nitrogen and oxygen atoms in total. The number of alkyl halides is 3. The maximum atomic E-state index is 12.4. The van der Waals surface area contributed by atoms with Crippen molar-refractivity contribution >= 4 is 12.5 Å². The normalized spacial score (nSPS) is 25.5. The van der Waals surface area contributed by atoms with Crippen LogP contribution in [-0.4, -0.2) is 67.1 Å². The van der Waals surface area contributed by atoms with Crippen LogP contribution in [0.1, 0.15) is 24.8 Å². The number of nitrogens with zero attached hydrogens (tertiary/aromatic N) is 4. The zero-order chi connectivity index (χ0) is 26.7. The summed E-state index contributed by atoms with van der Waals surface area (Å²) in [6.45, 7) is 5.94. The molecule has 2 aromatic rings. The van der Waals surface area contributed by atoms with Gasteiger partial charge in [0, 0.05) is 56.5 Å². The first-order valence-electron chi connectivity index (χ1n) is 12.5. The Morgan fingerprint density at radius 2 is 1.89 bits per heavy atom. The summed E-state index contributed by atoms with van der Waals surface area (Å²) in [4.78, 5) is 12.7. The van der Waals surface area contributed by atoms with E-state index in [0.29, 0.717) is 43.5 Å². The van der Waals surface area contributed by atoms with Crippen molar-refractivity contribution in [3.8, 4) is 11.5 Å². The maximum Gasteiger partial charge on any atom is 0.573 e. The summed E-state index contributed by atoms with van der Waals surface area (Å²) in [6.07, 6.45) is 1.69. The number of fused-ring (bicyclic) bond motifs is 2. The van der Waals surface area contributed by atoms with E-state index >= 15 is 0 Å². The van der Waals surface area contributed by atoms with Gasteiger partial charge in [-0.3, -0.25) is 0 Å². The number of benzene rings is 1. The summed E-state index contributed by atoms with van der Waals surface area (Å²) in [5.41, 5.74) is 6.81. The van der Waals surface area contributed by atoms with E-state index in [1.807, 2.05) is 11.1 Å². The molecule has 1 aromatic carbocycles. The first-order chi connectivity index (χ1) is 18.3. The molecule has 12 heteroatoms. The van der Waals surface area contributed by atoms with Crippen molar-refractivity contribution in [3.05, 3.63) is 60.2 Å². The number of hydrogen-bond acceptors (Lipinski definition) is 9. The Morgan fingerprint density at radius 1 is 1.16 bits per heavy atom. The van der Waals surface area contributed by atoms with Crippen LogP contribution in [-0.2, 0) is 11.3 Å². The van der Waals surface area contributed by atoms with Gasteiger partial charge in [-0.2, -0.15) is 0 Å². The molecule has 204 valence electrons. The van der Waals surface area contributed by atoms with Crippen molar-refractivity contribution in [3.63, 3.8) is 0 Å². The SMILES string of the molecule is C=N/C(N)=C\N1COCC(NCc2ccc(N3C4CC(Oc5ccc(OC(F)(F)F)cc5)CC3C4)nc2)C1. The minimum Gasteiger partial charge on any atom is -0.490 e. The van der Waals surface area contributed by atoms with Gasteiger partial charge in [-0.25, -0.2) is 9.98 Å². The third-order valence-electron chi connectivity index (χ3n) is 6.96. The number of hydrogen-bond donors (Lipinski definition) is 2. The van der Waals surface area contributed by atoms with Crippen LogP contribution >= 0.6 is 0 Å². The van der Waals surface area contributed by atoms with E-state index in [0.717, 1.165) is 37.2 Å². The predicted molar refractivity (Wildman–Crippen MR) is 136 cm³/mol. The topological polar surface area (TPSA) is 97.5 Å². The lowest BCUT2D eigenvalue weighted by Gasteiger charge is -2.55. The molecular weight excluding hydrogens is 501 g/mol. The molecule has 3 unspecified atom stereocenters. The van der Waals surface area contributed by atoms with Crippen molar-refractivity contribution in [2.75, 3.05) is 24.8 Å². The number of piperidine rings is 1. The molecular formula is C26H31F3N6O3. The van der Waals surface area contributed by atoms with E-state index in [4.69, 9.17) is 20.2 Å². The molecule has 3 saturated heterocycles. The number of nitrogens with one attached hydrogen (secondary N) is 1. The summed E-state index contributed by atoms with van der Waals surface area (Å²) in [5.74, 6) is 1.59. The Bertz CT molecular complexity index is 1120. The number of ether oxygens (including phenoxy) is 3. The lowest BCUT2D eigenvalue weighted by atomic mass is 9.78. The fourth-order valence-corrected chi connectivity index (χ4v) is 5.28. The number of nitrogens with two attached hydrogens (primary N) is 1. The molecule has 3 aliphatic heterocycles. The number of halogens is 3. The molecule has 2 bridgehead atoms. The minimum absolute atomic E-state index is 0.0117. The van der Waals surface area contributed by atoms with Crippen LogP contribution in [0, 0.1) is 0 Å². The van der Waals surface area contributed by atoms with E-state index in [2.05, 4.69) is 38.8 Å². The fraction of sp³-hybridized carbons (Fsp3) is 0.462. The molecule has 4 fully saturated rings. The van der Waals surface area contributed by atoms with Crippen LogP contribution in [0.2, 0.25) is 0 Å². The molecule has 1 saturated carbocycles. The molecule has 1 aliphatic carbocycles. The molecule has 4 heterocycles. The minimum atomic E-state index is -4.71. The van der Waals surface area contributed by atoms with Crippen molar-refractivity contribution < 1.29 is 27.4 Å². The largest absolute Gasteiger partial charge is 0.573 e. The summed E-state index contributed by atoms with van der Waals surface area (Å²) in [7, 11) is 0. The number of anilines is 1. The van der Waals surface area contributed by atoms with Crippen molar-refractivity contribution in [1.29, 1.82) is 0 Å². The first kappa shape index (κ1) is 26.1. The van der Waals surface area contributed by atoms with Crippen LogP contribution in [0.4, 0.5) is 19.0 Å². The van der Waals surface area contributed by atoms with Gasteiger partial charge in [0.1, 0.15) is 36.0 Å². The zero-order valence-corrected chi connectivity index (χ0v) is 20.8. The number of aliphatic imine (C=N–C) groups is 1.